The summed E-state index contributed by atoms with van der Waals surface area (Å²) in [4.78, 5) is 40.7. The van der Waals surface area contributed by atoms with Crippen LogP contribution in [0.2, 0.25) is 5.02 Å². The number of nitrogens with one attached hydrogen (secondary N) is 2. The number of halogens is 2. The van der Waals surface area contributed by atoms with E-state index in [1.54, 1.807) is 45.0 Å². The lowest BCUT2D eigenvalue weighted by Crippen LogP contribution is -2.52. The number of alkyl carbamates (subject to hydrolysis) is 1. The molecule has 0 aliphatic carbocycles. The zero-order valence-corrected chi connectivity index (χ0v) is 26.6. The van der Waals surface area contributed by atoms with Gasteiger partial charge in [-0.3, -0.25) is 9.59 Å². The Morgan fingerprint density at radius 1 is 1.11 bits per heavy atom. The highest BCUT2D eigenvalue weighted by molar-refractivity contribution is 7.91. The average molecular weight is 650 g/mol. The molecular weight excluding hydrogens is 617 g/mol. The molecule has 2 heterocycles. The molecule has 236 valence electrons. The highest BCUT2D eigenvalue weighted by atomic mass is 35.5. The summed E-state index contributed by atoms with van der Waals surface area (Å²) < 4.78 is 47.8. The van der Waals surface area contributed by atoms with Crippen molar-refractivity contribution in [2.45, 2.75) is 70.2 Å². The first-order valence-corrected chi connectivity index (χ1v) is 15.6. The van der Waals surface area contributed by atoms with E-state index >= 15 is 4.39 Å². The van der Waals surface area contributed by atoms with Gasteiger partial charge in [0.1, 0.15) is 24.0 Å². The molecule has 0 bridgehead atoms. The Morgan fingerprint density at radius 2 is 1.77 bits per heavy atom. The van der Waals surface area contributed by atoms with Gasteiger partial charge in [0.15, 0.2) is 9.84 Å². The molecule has 1 aliphatic heterocycles. The van der Waals surface area contributed by atoms with Gasteiger partial charge in [0.05, 0.1) is 34.0 Å². The number of ether oxygens (including phenoxy) is 1. The van der Waals surface area contributed by atoms with Crippen molar-refractivity contribution >= 4 is 45.0 Å². The van der Waals surface area contributed by atoms with Crippen LogP contribution in [-0.4, -0.2) is 70.5 Å². The number of fused-ring (bicyclic) bond motifs is 1. The molecule has 4 rings (SSSR count). The number of nitrogens with zero attached hydrogens (tertiary/aromatic N) is 5. The Morgan fingerprint density at radius 3 is 2.36 bits per heavy atom. The fraction of sp³-hybridized carbons (Fsp3) is 0.429. The largest absolute Gasteiger partial charge is 0.444 e. The minimum absolute atomic E-state index is 0.112. The van der Waals surface area contributed by atoms with E-state index in [0.29, 0.717) is 10.6 Å². The first kappa shape index (κ1) is 32.8. The fourth-order valence-corrected chi connectivity index (χ4v) is 5.96. The van der Waals surface area contributed by atoms with Crippen molar-refractivity contribution < 1.29 is 31.9 Å². The number of carbonyl (C=O) groups is 3. The van der Waals surface area contributed by atoms with Crippen molar-refractivity contribution in [3.63, 3.8) is 0 Å². The van der Waals surface area contributed by atoms with Crippen LogP contribution < -0.4 is 15.5 Å². The van der Waals surface area contributed by atoms with Gasteiger partial charge in [-0.15, -0.1) is 10.2 Å². The second-order valence-electron chi connectivity index (χ2n) is 12.2. The van der Waals surface area contributed by atoms with Gasteiger partial charge in [0, 0.05) is 5.02 Å². The number of anilines is 1. The van der Waals surface area contributed by atoms with Crippen LogP contribution in [0.5, 0.6) is 0 Å². The summed E-state index contributed by atoms with van der Waals surface area (Å²) in [7, 11) is -4.34. The quantitative estimate of drug-likeness (QED) is 0.408. The van der Waals surface area contributed by atoms with Gasteiger partial charge in [-0.1, -0.05) is 23.7 Å². The number of hydrogen-bond acceptors (Lipinski definition) is 9. The molecule has 1 aliphatic rings. The summed E-state index contributed by atoms with van der Waals surface area (Å²) in [6, 6.07) is 6.93. The summed E-state index contributed by atoms with van der Waals surface area (Å²) in [5, 5.41) is 17.3. The first-order chi connectivity index (χ1) is 20.3. The molecule has 1 aromatic heterocycles. The zero-order valence-electron chi connectivity index (χ0n) is 25.0. The number of hydrogen-bond donors (Lipinski definition) is 2. The number of aromatic nitrogens is 4. The highest BCUT2D eigenvalue weighted by Gasteiger charge is 2.40. The zero-order chi connectivity index (χ0) is 32.6. The second-order valence-corrected chi connectivity index (χ2v) is 14.6. The van der Waals surface area contributed by atoms with Crippen molar-refractivity contribution in [1.29, 1.82) is 0 Å². The van der Waals surface area contributed by atoms with Crippen LogP contribution >= 0.6 is 11.6 Å². The Kier molecular flexibility index (Phi) is 9.03. The smallest absolute Gasteiger partial charge is 0.408 e. The molecule has 0 unspecified atom stereocenters. The van der Waals surface area contributed by atoms with Crippen molar-refractivity contribution in [1.82, 2.24) is 30.8 Å². The van der Waals surface area contributed by atoms with Crippen LogP contribution in [0, 0.1) is 5.82 Å². The molecule has 3 aromatic rings. The van der Waals surface area contributed by atoms with Gasteiger partial charge in [0.25, 0.3) is 5.91 Å². The Bertz CT molecular complexity index is 1700. The Labute approximate surface area is 259 Å². The van der Waals surface area contributed by atoms with E-state index in [1.165, 1.54) is 10.9 Å². The van der Waals surface area contributed by atoms with Crippen molar-refractivity contribution in [2.75, 3.05) is 17.2 Å². The molecule has 44 heavy (non-hydrogen) atoms. The summed E-state index contributed by atoms with van der Waals surface area (Å²) in [5.41, 5.74) is -1.11. The lowest BCUT2D eigenvalue weighted by Gasteiger charge is -2.26. The van der Waals surface area contributed by atoms with Crippen LogP contribution in [0.1, 0.15) is 47.1 Å². The monoisotopic (exact) mass is 649 g/mol. The van der Waals surface area contributed by atoms with Crippen LogP contribution in [0.3, 0.4) is 0 Å². The van der Waals surface area contributed by atoms with Crippen LogP contribution in [0.15, 0.2) is 41.3 Å². The van der Waals surface area contributed by atoms with Crippen LogP contribution in [0.25, 0.3) is 11.4 Å². The number of sulfone groups is 1. The van der Waals surface area contributed by atoms with E-state index in [1.807, 2.05) is 20.8 Å². The van der Waals surface area contributed by atoms with E-state index in [2.05, 4.69) is 26.0 Å². The van der Waals surface area contributed by atoms with E-state index in [-0.39, 0.29) is 23.6 Å². The molecule has 13 nitrogen and oxygen atoms in total. The molecule has 3 amide bonds. The summed E-state index contributed by atoms with van der Waals surface area (Å²) in [6.45, 7) is 9.67. The maximum absolute atomic E-state index is 15.5. The Balaban J connectivity index is 1.74. The molecule has 0 radical (unpaired) electrons. The SMILES string of the molecule is CC(C)(C)OC(=O)NCC(=O)N[C@H]1CS(=O)(=O)c2cc(F)c(-c3nnn(C(C)(C)C)n3)cc2N(Cc2ccc(Cl)cc2)C1=O. The standard InChI is InChI=1S/C28H33ClFN7O6S/c1-27(2,3)37-34-24(33-35-37)18-11-21-22(12-19(18)30)44(41,42)15-20(32-23(38)13-31-26(40)43-28(4,5)6)25(39)36(21)14-16-7-9-17(29)10-8-16/h7-12,20H,13-15H2,1-6H3,(H,31,40)(H,32,38)/t20-/m0/s1. The molecule has 0 saturated carbocycles. The van der Waals surface area contributed by atoms with E-state index in [0.717, 1.165) is 11.0 Å². The highest BCUT2D eigenvalue weighted by Crippen LogP contribution is 2.36. The molecular formula is C28H33ClFN7O6S. The Hall–Kier alpha value is -4.11. The van der Waals surface area contributed by atoms with Gasteiger partial charge in [-0.25, -0.2) is 17.6 Å². The minimum Gasteiger partial charge on any atom is -0.444 e. The third-order valence-electron chi connectivity index (χ3n) is 6.26. The lowest BCUT2D eigenvalue weighted by molar-refractivity contribution is -0.126. The predicted molar refractivity (Wildman–Crippen MR) is 159 cm³/mol. The average Bonchev–Trinajstić information content (AvgIpc) is 3.39. The van der Waals surface area contributed by atoms with E-state index < -0.39 is 67.9 Å². The first-order valence-electron chi connectivity index (χ1n) is 13.5. The number of amides is 3. The molecule has 2 aromatic carbocycles. The third kappa shape index (κ3) is 7.69. The van der Waals surface area contributed by atoms with Gasteiger partial charge < -0.3 is 20.3 Å². The topological polar surface area (TPSA) is 165 Å². The molecule has 16 heteroatoms. The second kappa shape index (κ2) is 12.1. The summed E-state index contributed by atoms with van der Waals surface area (Å²) in [6.07, 6.45) is -0.871. The molecule has 0 fully saturated rings. The lowest BCUT2D eigenvalue weighted by atomic mass is 10.1. The van der Waals surface area contributed by atoms with Gasteiger partial charge in [-0.05, 0) is 76.6 Å². The van der Waals surface area contributed by atoms with Gasteiger partial charge >= 0.3 is 6.09 Å². The maximum Gasteiger partial charge on any atom is 0.408 e. The molecule has 1 atom stereocenters. The predicted octanol–water partition coefficient (Wildman–Crippen LogP) is 3.22. The van der Waals surface area contributed by atoms with Crippen molar-refractivity contribution in [3.05, 3.63) is 52.8 Å². The van der Waals surface area contributed by atoms with Crippen molar-refractivity contribution in [3.8, 4) is 11.4 Å². The van der Waals surface area contributed by atoms with Crippen molar-refractivity contribution in [2.24, 2.45) is 0 Å². The molecule has 0 saturated heterocycles. The number of benzene rings is 2. The molecule has 0 spiro atoms. The third-order valence-corrected chi connectivity index (χ3v) is 8.28. The molecule has 2 N–H and O–H groups in total. The fourth-order valence-electron chi connectivity index (χ4n) is 4.22. The van der Waals surface area contributed by atoms with Crippen LogP contribution in [-0.2, 0) is 36.2 Å². The number of tetrazole rings is 1. The summed E-state index contributed by atoms with van der Waals surface area (Å²) in [5.74, 6) is -3.53. The van der Waals surface area contributed by atoms with E-state index in [9.17, 15) is 22.8 Å². The maximum atomic E-state index is 15.5. The number of carbonyl (C=O) groups excluding carboxylic acids is 3. The number of rotatable bonds is 6. The van der Waals surface area contributed by atoms with E-state index in [4.69, 9.17) is 16.3 Å². The van der Waals surface area contributed by atoms with Crippen LogP contribution in [0.4, 0.5) is 14.9 Å². The minimum atomic E-state index is -4.34. The van der Waals surface area contributed by atoms with Gasteiger partial charge in [0.2, 0.25) is 11.7 Å². The van der Waals surface area contributed by atoms with Gasteiger partial charge in [-0.2, -0.15) is 4.80 Å². The normalized spacial score (nSPS) is 16.6. The summed E-state index contributed by atoms with van der Waals surface area (Å²) >= 11 is 6.03.